The van der Waals surface area contributed by atoms with Gasteiger partial charge < -0.3 is 10.2 Å². The molecule has 0 aliphatic carbocycles. The lowest BCUT2D eigenvalue weighted by Crippen LogP contribution is -2.35. The Morgan fingerprint density at radius 3 is 2.57 bits per heavy atom. The van der Waals surface area contributed by atoms with Gasteiger partial charge in [-0.2, -0.15) is 5.10 Å². The van der Waals surface area contributed by atoms with Gasteiger partial charge in [0.05, 0.1) is 5.69 Å². The van der Waals surface area contributed by atoms with Crippen molar-refractivity contribution in [2.75, 3.05) is 31.6 Å². The third-order valence-corrected chi connectivity index (χ3v) is 4.57. The van der Waals surface area contributed by atoms with Crippen LogP contribution in [0.1, 0.15) is 25.0 Å². The number of aryl methyl sites for hydroxylation is 1. The Morgan fingerprint density at radius 1 is 1.14 bits per heavy atom. The Balaban J connectivity index is 1.78. The maximum atomic E-state index is 4.48. The quantitative estimate of drug-likeness (QED) is 0.937. The van der Waals surface area contributed by atoms with Crippen molar-refractivity contribution >= 4 is 16.6 Å². The molecule has 0 unspecified atom stereocenters. The predicted molar refractivity (Wildman–Crippen MR) is 87.8 cm³/mol. The van der Waals surface area contributed by atoms with E-state index in [1.54, 1.807) is 0 Å². The first-order valence-electron chi connectivity index (χ1n) is 7.91. The Kier molecular flexibility index (Phi) is 4.34. The van der Waals surface area contributed by atoms with E-state index in [1.807, 2.05) is 14.0 Å². The molecular weight excluding hydrogens is 260 g/mol. The van der Waals surface area contributed by atoms with E-state index in [1.165, 1.54) is 30.0 Å². The van der Waals surface area contributed by atoms with Crippen molar-refractivity contribution in [3.63, 3.8) is 0 Å². The molecule has 21 heavy (non-hydrogen) atoms. The molecule has 0 saturated carbocycles. The summed E-state index contributed by atoms with van der Waals surface area (Å²) in [5, 5.41) is 14.5. The minimum absolute atomic E-state index is 0.846. The molecule has 4 nitrogen and oxygen atoms in total. The molecule has 3 rings (SSSR count). The molecule has 2 aromatic rings. The van der Waals surface area contributed by atoms with Crippen LogP contribution in [0.15, 0.2) is 24.3 Å². The Labute approximate surface area is 126 Å². The standard InChI is InChI=1S/C17H24N4/c1-13-15-5-3-4-6-16(15)17(20-19-13)21-11-8-14(9-12-21)7-10-18-2/h3-6,14,18H,7-12H2,1-2H3. The number of piperidine rings is 1. The van der Waals surface area contributed by atoms with Crippen LogP contribution in [0.4, 0.5) is 5.82 Å². The fourth-order valence-corrected chi connectivity index (χ4v) is 3.24. The number of nitrogens with zero attached hydrogens (tertiary/aromatic N) is 3. The summed E-state index contributed by atoms with van der Waals surface area (Å²) in [6.07, 6.45) is 3.79. The molecule has 0 amide bonds. The van der Waals surface area contributed by atoms with Gasteiger partial charge in [-0.1, -0.05) is 24.3 Å². The third-order valence-electron chi connectivity index (χ3n) is 4.57. The molecule has 0 spiro atoms. The van der Waals surface area contributed by atoms with Crippen LogP contribution >= 0.6 is 0 Å². The molecule has 4 heteroatoms. The number of fused-ring (bicyclic) bond motifs is 1. The zero-order valence-electron chi connectivity index (χ0n) is 13.0. The highest BCUT2D eigenvalue weighted by Gasteiger charge is 2.21. The van der Waals surface area contributed by atoms with Crippen molar-refractivity contribution in [3.05, 3.63) is 30.0 Å². The maximum absolute atomic E-state index is 4.48. The van der Waals surface area contributed by atoms with E-state index in [9.17, 15) is 0 Å². The van der Waals surface area contributed by atoms with Crippen LogP contribution in [0.25, 0.3) is 10.8 Å². The molecule has 0 bridgehead atoms. The lowest BCUT2D eigenvalue weighted by molar-refractivity contribution is 0.377. The smallest absolute Gasteiger partial charge is 0.159 e. The van der Waals surface area contributed by atoms with Crippen molar-refractivity contribution < 1.29 is 0 Å². The molecule has 1 aliphatic heterocycles. The number of hydrogen-bond acceptors (Lipinski definition) is 4. The zero-order valence-corrected chi connectivity index (χ0v) is 13.0. The lowest BCUT2D eigenvalue weighted by Gasteiger charge is -2.33. The normalized spacial score (nSPS) is 16.6. The van der Waals surface area contributed by atoms with Gasteiger partial charge in [0.15, 0.2) is 5.82 Å². The number of anilines is 1. The van der Waals surface area contributed by atoms with E-state index in [-0.39, 0.29) is 0 Å². The van der Waals surface area contributed by atoms with Gasteiger partial charge in [0, 0.05) is 23.9 Å². The highest BCUT2D eigenvalue weighted by Crippen LogP contribution is 2.29. The first-order valence-corrected chi connectivity index (χ1v) is 7.91. The van der Waals surface area contributed by atoms with Gasteiger partial charge in [-0.25, -0.2) is 0 Å². The van der Waals surface area contributed by atoms with Gasteiger partial charge >= 0.3 is 0 Å². The highest BCUT2D eigenvalue weighted by molar-refractivity contribution is 5.93. The zero-order chi connectivity index (χ0) is 14.7. The van der Waals surface area contributed by atoms with Crippen LogP contribution in [0.5, 0.6) is 0 Å². The van der Waals surface area contributed by atoms with Crippen molar-refractivity contribution in [1.29, 1.82) is 0 Å². The van der Waals surface area contributed by atoms with E-state index in [4.69, 9.17) is 0 Å². The van der Waals surface area contributed by atoms with E-state index in [2.05, 4.69) is 44.7 Å². The number of hydrogen-bond donors (Lipinski definition) is 1. The summed E-state index contributed by atoms with van der Waals surface area (Å²) in [7, 11) is 2.03. The molecule has 2 heterocycles. The minimum atomic E-state index is 0.846. The van der Waals surface area contributed by atoms with Crippen LogP contribution in [0, 0.1) is 12.8 Å². The number of nitrogens with one attached hydrogen (secondary N) is 1. The maximum Gasteiger partial charge on any atom is 0.159 e. The Bertz CT molecular complexity index is 603. The van der Waals surface area contributed by atoms with Crippen LogP contribution < -0.4 is 10.2 Å². The monoisotopic (exact) mass is 284 g/mol. The lowest BCUT2D eigenvalue weighted by atomic mass is 9.93. The fraction of sp³-hybridized carbons (Fsp3) is 0.529. The molecular formula is C17H24N4. The topological polar surface area (TPSA) is 41.0 Å². The molecule has 1 N–H and O–H groups in total. The summed E-state index contributed by atoms with van der Waals surface area (Å²) in [6.45, 7) is 5.34. The van der Waals surface area contributed by atoms with Crippen molar-refractivity contribution in [1.82, 2.24) is 15.5 Å². The van der Waals surface area contributed by atoms with Gasteiger partial charge in [-0.15, -0.1) is 5.10 Å². The summed E-state index contributed by atoms with van der Waals surface area (Å²) < 4.78 is 0. The van der Waals surface area contributed by atoms with Crippen molar-refractivity contribution in [2.45, 2.75) is 26.2 Å². The average Bonchev–Trinajstić information content (AvgIpc) is 2.54. The number of benzene rings is 1. The van der Waals surface area contributed by atoms with Gasteiger partial charge in [0.2, 0.25) is 0 Å². The molecule has 112 valence electrons. The van der Waals surface area contributed by atoms with Crippen molar-refractivity contribution in [2.24, 2.45) is 5.92 Å². The summed E-state index contributed by atoms with van der Waals surface area (Å²) in [5.74, 6) is 1.90. The van der Waals surface area contributed by atoms with E-state index < -0.39 is 0 Å². The van der Waals surface area contributed by atoms with Crippen LogP contribution in [0.3, 0.4) is 0 Å². The number of rotatable bonds is 4. The Hall–Kier alpha value is -1.68. The highest BCUT2D eigenvalue weighted by atomic mass is 15.3. The minimum Gasteiger partial charge on any atom is -0.355 e. The molecule has 1 saturated heterocycles. The van der Waals surface area contributed by atoms with E-state index in [0.717, 1.165) is 37.1 Å². The molecule has 1 aromatic carbocycles. The molecule has 1 aliphatic rings. The summed E-state index contributed by atoms with van der Waals surface area (Å²) in [4.78, 5) is 2.41. The van der Waals surface area contributed by atoms with Gasteiger partial charge in [-0.05, 0) is 45.7 Å². The molecule has 0 atom stereocenters. The molecule has 1 fully saturated rings. The predicted octanol–water partition coefficient (Wildman–Crippen LogP) is 2.76. The first kappa shape index (κ1) is 14.3. The largest absolute Gasteiger partial charge is 0.355 e. The molecule has 1 aromatic heterocycles. The average molecular weight is 284 g/mol. The van der Waals surface area contributed by atoms with Crippen LogP contribution in [-0.2, 0) is 0 Å². The van der Waals surface area contributed by atoms with E-state index >= 15 is 0 Å². The second kappa shape index (κ2) is 6.39. The van der Waals surface area contributed by atoms with Gasteiger partial charge in [0.1, 0.15) is 0 Å². The fourth-order valence-electron chi connectivity index (χ4n) is 3.24. The van der Waals surface area contributed by atoms with Crippen LogP contribution in [-0.4, -0.2) is 36.9 Å². The van der Waals surface area contributed by atoms with Crippen LogP contribution in [0.2, 0.25) is 0 Å². The Morgan fingerprint density at radius 2 is 1.86 bits per heavy atom. The van der Waals surface area contributed by atoms with Crippen molar-refractivity contribution in [3.8, 4) is 0 Å². The van der Waals surface area contributed by atoms with E-state index in [0.29, 0.717) is 0 Å². The third kappa shape index (κ3) is 3.00. The SMILES string of the molecule is CNCCC1CCN(c2nnc(C)c3ccccc23)CC1. The second-order valence-corrected chi connectivity index (χ2v) is 5.98. The second-order valence-electron chi connectivity index (χ2n) is 5.98. The van der Waals surface area contributed by atoms with Gasteiger partial charge in [0.25, 0.3) is 0 Å². The summed E-state index contributed by atoms with van der Waals surface area (Å²) in [5.41, 5.74) is 1.01. The first-order chi connectivity index (χ1) is 10.3. The summed E-state index contributed by atoms with van der Waals surface area (Å²) >= 11 is 0. The molecule has 0 radical (unpaired) electrons. The summed E-state index contributed by atoms with van der Waals surface area (Å²) in [6, 6.07) is 8.47. The van der Waals surface area contributed by atoms with Gasteiger partial charge in [-0.3, -0.25) is 0 Å². The number of aromatic nitrogens is 2.